The molecular formula is C10H19N3O2S. The van der Waals surface area contributed by atoms with Crippen LogP contribution in [0.2, 0.25) is 0 Å². The summed E-state index contributed by atoms with van der Waals surface area (Å²) in [7, 11) is -0.667. The molecule has 1 aromatic rings. The zero-order valence-corrected chi connectivity index (χ0v) is 10.4. The van der Waals surface area contributed by atoms with Gasteiger partial charge in [-0.2, -0.15) is 12.7 Å². The Labute approximate surface area is 97.2 Å². The largest absolute Gasteiger partial charge is 0.330 e. The Morgan fingerprint density at radius 1 is 1.19 bits per heavy atom. The van der Waals surface area contributed by atoms with Gasteiger partial charge >= 0.3 is 0 Å². The monoisotopic (exact) mass is 245 g/mol. The first-order chi connectivity index (χ1) is 7.38. The minimum Gasteiger partial charge on any atom is -0.330 e. The van der Waals surface area contributed by atoms with Crippen molar-refractivity contribution in [3.05, 3.63) is 35.9 Å². The molecule has 0 heterocycles. The first-order valence-corrected chi connectivity index (χ1v) is 6.32. The third-order valence-electron chi connectivity index (χ3n) is 1.78. The predicted octanol–water partition coefficient (Wildman–Crippen LogP) is -0.0607. The summed E-state index contributed by atoms with van der Waals surface area (Å²) in [5.41, 5.74) is 6.68. The zero-order chi connectivity index (χ0) is 12.6. The summed E-state index contributed by atoms with van der Waals surface area (Å²) >= 11 is 0. The highest BCUT2D eigenvalue weighted by Crippen LogP contribution is 1.96. The highest BCUT2D eigenvalue weighted by Gasteiger charge is 2.01. The van der Waals surface area contributed by atoms with Crippen LogP contribution in [-0.2, 0) is 16.6 Å². The van der Waals surface area contributed by atoms with Gasteiger partial charge in [-0.3, -0.25) is 0 Å². The first-order valence-electron chi connectivity index (χ1n) is 4.82. The van der Waals surface area contributed by atoms with E-state index in [0.717, 1.165) is 17.3 Å². The lowest BCUT2D eigenvalue weighted by Crippen LogP contribution is -2.29. The van der Waals surface area contributed by atoms with E-state index in [0.29, 0.717) is 0 Å². The third kappa shape index (κ3) is 7.36. The predicted molar refractivity (Wildman–Crippen MR) is 66.0 cm³/mol. The molecule has 0 aliphatic rings. The Morgan fingerprint density at radius 3 is 1.94 bits per heavy atom. The smallest absolute Gasteiger partial charge is 0.276 e. The molecule has 4 N–H and O–H groups in total. The van der Waals surface area contributed by atoms with E-state index in [9.17, 15) is 8.42 Å². The lowest BCUT2D eigenvalue weighted by atomic mass is 10.2. The molecule has 0 aliphatic heterocycles. The van der Waals surface area contributed by atoms with Gasteiger partial charge in [-0.05, 0) is 18.5 Å². The van der Waals surface area contributed by atoms with Crippen LogP contribution in [0.1, 0.15) is 5.56 Å². The van der Waals surface area contributed by atoms with Gasteiger partial charge in [0, 0.05) is 14.1 Å². The second-order valence-electron chi connectivity index (χ2n) is 3.35. The summed E-state index contributed by atoms with van der Waals surface area (Å²) < 4.78 is 21.0. The fraction of sp³-hybridized carbons (Fsp3) is 0.400. The van der Waals surface area contributed by atoms with Crippen LogP contribution in [0.15, 0.2) is 30.3 Å². The van der Waals surface area contributed by atoms with E-state index in [1.165, 1.54) is 19.7 Å². The van der Waals surface area contributed by atoms with Crippen LogP contribution in [-0.4, -0.2) is 33.4 Å². The molecular weight excluding hydrogens is 226 g/mol. The molecule has 0 atom stereocenters. The Balaban J connectivity index is 0.000000293. The molecule has 1 aromatic carbocycles. The normalized spacial score (nSPS) is 10.8. The summed E-state index contributed by atoms with van der Waals surface area (Å²) in [5, 5.41) is 4.58. The third-order valence-corrected chi connectivity index (χ3v) is 2.80. The van der Waals surface area contributed by atoms with Crippen molar-refractivity contribution in [1.29, 1.82) is 0 Å². The maximum Gasteiger partial charge on any atom is 0.276 e. The lowest BCUT2D eigenvalue weighted by Gasteiger charge is -2.02. The van der Waals surface area contributed by atoms with Crippen LogP contribution >= 0.6 is 0 Å². The van der Waals surface area contributed by atoms with E-state index in [1.54, 1.807) is 0 Å². The minimum absolute atomic E-state index is 0.740. The molecule has 0 bridgehead atoms. The highest BCUT2D eigenvalue weighted by atomic mass is 32.2. The second-order valence-corrected chi connectivity index (χ2v) is 5.11. The SMILES string of the molecule is CN(C)S(N)(=O)=O.NCCc1ccccc1. The van der Waals surface area contributed by atoms with Crippen molar-refractivity contribution < 1.29 is 8.42 Å². The number of benzene rings is 1. The number of nitrogens with zero attached hydrogens (tertiary/aromatic N) is 1. The first kappa shape index (κ1) is 15.0. The van der Waals surface area contributed by atoms with Crippen molar-refractivity contribution in [3.8, 4) is 0 Å². The number of rotatable bonds is 3. The molecule has 0 aliphatic carbocycles. The highest BCUT2D eigenvalue weighted by molar-refractivity contribution is 7.86. The zero-order valence-electron chi connectivity index (χ0n) is 9.63. The van der Waals surface area contributed by atoms with Gasteiger partial charge in [-0.25, -0.2) is 5.14 Å². The van der Waals surface area contributed by atoms with E-state index < -0.39 is 10.2 Å². The maximum absolute atomic E-state index is 10.0. The van der Waals surface area contributed by atoms with Gasteiger partial charge in [-0.1, -0.05) is 30.3 Å². The average molecular weight is 245 g/mol. The maximum atomic E-state index is 10.0. The molecule has 0 spiro atoms. The molecule has 0 amide bonds. The van der Waals surface area contributed by atoms with Crippen LogP contribution in [0.25, 0.3) is 0 Å². The summed E-state index contributed by atoms with van der Waals surface area (Å²) in [6.07, 6.45) is 0.987. The van der Waals surface area contributed by atoms with E-state index >= 15 is 0 Å². The van der Waals surface area contributed by atoms with Crippen LogP contribution in [0.5, 0.6) is 0 Å². The lowest BCUT2D eigenvalue weighted by molar-refractivity contribution is 0.522. The fourth-order valence-electron chi connectivity index (χ4n) is 0.811. The molecule has 0 aromatic heterocycles. The summed E-state index contributed by atoms with van der Waals surface area (Å²) in [6.45, 7) is 0.740. The van der Waals surface area contributed by atoms with Crippen molar-refractivity contribution >= 4 is 10.2 Å². The summed E-state index contributed by atoms with van der Waals surface area (Å²) in [5.74, 6) is 0. The molecule has 5 nitrogen and oxygen atoms in total. The van der Waals surface area contributed by atoms with Gasteiger partial charge in [0.05, 0.1) is 0 Å². The quantitative estimate of drug-likeness (QED) is 0.781. The van der Waals surface area contributed by atoms with Crippen LogP contribution in [0.3, 0.4) is 0 Å². The number of hydrogen-bond donors (Lipinski definition) is 2. The molecule has 0 radical (unpaired) electrons. The molecule has 1 rings (SSSR count). The van der Waals surface area contributed by atoms with Crippen LogP contribution < -0.4 is 10.9 Å². The van der Waals surface area contributed by atoms with Gasteiger partial charge in [0.2, 0.25) is 0 Å². The Kier molecular flexibility index (Phi) is 6.91. The standard InChI is InChI=1S/C8H11N.C2H8N2O2S/c9-7-6-8-4-2-1-3-5-8;1-4(2)7(3,5)6/h1-5H,6-7,9H2;1-2H3,(H2,3,5,6). The van der Waals surface area contributed by atoms with Crippen molar-refractivity contribution in [2.45, 2.75) is 6.42 Å². The molecule has 0 unspecified atom stereocenters. The minimum atomic E-state index is -3.41. The van der Waals surface area contributed by atoms with E-state index in [1.807, 2.05) is 18.2 Å². The summed E-state index contributed by atoms with van der Waals surface area (Å²) in [6, 6.07) is 10.3. The molecule has 0 fully saturated rings. The van der Waals surface area contributed by atoms with E-state index in [4.69, 9.17) is 5.73 Å². The van der Waals surface area contributed by atoms with E-state index in [-0.39, 0.29) is 0 Å². The van der Waals surface area contributed by atoms with Gasteiger partial charge in [0.25, 0.3) is 10.2 Å². The number of hydrogen-bond acceptors (Lipinski definition) is 3. The van der Waals surface area contributed by atoms with Gasteiger partial charge < -0.3 is 5.73 Å². The molecule has 0 saturated carbocycles. The van der Waals surface area contributed by atoms with Crippen molar-refractivity contribution in [2.24, 2.45) is 10.9 Å². The van der Waals surface area contributed by atoms with Crippen LogP contribution in [0, 0.1) is 0 Å². The topological polar surface area (TPSA) is 89.4 Å². The number of nitrogens with two attached hydrogens (primary N) is 2. The van der Waals surface area contributed by atoms with Gasteiger partial charge in [0.1, 0.15) is 0 Å². The Hall–Kier alpha value is -0.950. The van der Waals surface area contributed by atoms with Crippen molar-refractivity contribution in [2.75, 3.05) is 20.6 Å². The fourth-order valence-corrected chi connectivity index (χ4v) is 0.811. The van der Waals surface area contributed by atoms with Gasteiger partial charge in [-0.15, -0.1) is 0 Å². The Bertz CT molecular complexity index is 376. The van der Waals surface area contributed by atoms with E-state index in [2.05, 4.69) is 17.3 Å². The molecule has 92 valence electrons. The Morgan fingerprint density at radius 2 is 1.62 bits per heavy atom. The van der Waals surface area contributed by atoms with Crippen molar-refractivity contribution in [1.82, 2.24) is 4.31 Å². The average Bonchev–Trinajstić information content (AvgIpc) is 2.19. The summed E-state index contributed by atoms with van der Waals surface area (Å²) in [4.78, 5) is 0. The molecule has 0 saturated heterocycles. The van der Waals surface area contributed by atoms with Crippen LogP contribution in [0.4, 0.5) is 0 Å². The van der Waals surface area contributed by atoms with Crippen molar-refractivity contribution in [3.63, 3.8) is 0 Å². The van der Waals surface area contributed by atoms with Gasteiger partial charge in [0.15, 0.2) is 0 Å². The molecule has 16 heavy (non-hydrogen) atoms. The second kappa shape index (κ2) is 7.34. The molecule has 6 heteroatoms.